The van der Waals surface area contributed by atoms with Gasteiger partial charge < -0.3 is 24.1 Å². The largest absolute Gasteiger partial charge is 0.497 e. The Labute approximate surface area is 178 Å². The molecule has 2 fully saturated rings. The highest BCUT2D eigenvalue weighted by Crippen LogP contribution is 2.39. The van der Waals surface area contributed by atoms with Crippen LogP contribution in [-0.4, -0.2) is 62.7 Å². The summed E-state index contributed by atoms with van der Waals surface area (Å²) in [5.41, 5.74) is 0. The minimum atomic E-state index is -0.454. The van der Waals surface area contributed by atoms with E-state index in [4.69, 9.17) is 18.9 Å². The highest BCUT2D eigenvalue weighted by Gasteiger charge is 2.42. The molecule has 162 valence electrons. The molecule has 0 unspecified atom stereocenters. The maximum atomic E-state index is 10.7. The molecule has 0 spiro atoms. The average molecular weight is 414 g/mol. The van der Waals surface area contributed by atoms with Crippen molar-refractivity contribution in [3.8, 4) is 23.0 Å². The number of methoxy groups -OCH3 is 2. The Bertz CT molecular complexity index is 829. The molecule has 0 radical (unpaired) electrons. The van der Waals surface area contributed by atoms with Crippen molar-refractivity contribution in [2.75, 3.05) is 40.5 Å². The molecule has 1 heterocycles. The lowest BCUT2D eigenvalue weighted by molar-refractivity contribution is -0.0240. The van der Waals surface area contributed by atoms with Crippen LogP contribution in [0.1, 0.15) is 12.8 Å². The molecule has 30 heavy (non-hydrogen) atoms. The number of para-hydroxylation sites is 2. The minimum absolute atomic E-state index is 0.199. The standard InChI is InChI=1S/C24H31NO5/c1-27-19-6-5-7-20(14-19)29-11-10-25-15-17-12-21(26)24(13-18(17)16-25)30-23-9-4-3-8-22(23)28-2/h3-9,14,17-18,21,24,26H,10-13,15-16H2,1-2H3/t17-,18+,21+,24+/m0/s1. The number of benzene rings is 2. The highest BCUT2D eigenvalue weighted by molar-refractivity contribution is 5.39. The summed E-state index contributed by atoms with van der Waals surface area (Å²) >= 11 is 0. The number of fused-ring (bicyclic) bond motifs is 1. The van der Waals surface area contributed by atoms with Crippen molar-refractivity contribution in [3.63, 3.8) is 0 Å². The van der Waals surface area contributed by atoms with E-state index in [0.717, 1.165) is 44.0 Å². The molecular formula is C24H31NO5. The Kier molecular flexibility index (Phi) is 6.65. The molecule has 1 saturated carbocycles. The van der Waals surface area contributed by atoms with Crippen LogP contribution in [0.15, 0.2) is 48.5 Å². The molecule has 1 aliphatic carbocycles. The first-order valence-electron chi connectivity index (χ1n) is 10.6. The summed E-state index contributed by atoms with van der Waals surface area (Å²) in [5, 5.41) is 10.7. The van der Waals surface area contributed by atoms with Crippen molar-refractivity contribution in [3.05, 3.63) is 48.5 Å². The van der Waals surface area contributed by atoms with Crippen LogP contribution in [0.3, 0.4) is 0 Å². The third kappa shape index (κ3) is 4.82. The zero-order valence-electron chi connectivity index (χ0n) is 17.7. The highest BCUT2D eigenvalue weighted by atomic mass is 16.5. The normalized spacial score (nSPS) is 26.1. The third-order valence-electron chi connectivity index (χ3n) is 6.23. The Morgan fingerprint density at radius 2 is 1.63 bits per heavy atom. The number of hydrogen-bond acceptors (Lipinski definition) is 6. The maximum absolute atomic E-state index is 10.7. The number of aliphatic hydroxyl groups excluding tert-OH is 1. The van der Waals surface area contributed by atoms with E-state index in [2.05, 4.69) is 4.90 Å². The fourth-order valence-electron chi connectivity index (χ4n) is 4.66. The van der Waals surface area contributed by atoms with E-state index in [1.165, 1.54) is 0 Å². The summed E-state index contributed by atoms with van der Waals surface area (Å²) in [6.45, 7) is 3.53. The predicted octanol–water partition coefficient (Wildman–Crippen LogP) is 3.23. The van der Waals surface area contributed by atoms with Crippen molar-refractivity contribution in [1.82, 2.24) is 4.90 Å². The van der Waals surface area contributed by atoms with Crippen LogP contribution in [0.2, 0.25) is 0 Å². The van der Waals surface area contributed by atoms with Crippen LogP contribution < -0.4 is 18.9 Å². The van der Waals surface area contributed by atoms with Crippen LogP contribution in [0, 0.1) is 11.8 Å². The lowest BCUT2D eigenvalue weighted by Gasteiger charge is -2.35. The van der Waals surface area contributed by atoms with E-state index < -0.39 is 6.10 Å². The van der Waals surface area contributed by atoms with Gasteiger partial charge in [0.1, 0.15) is 24.2 Å². The summed E-state index contributed by atoms with van der Waals surface area (Å²) in [6.07, 6.45) is 0.981. The molecule has 0 amide bonds. The molecule has 2 aromatic carbocycles. The molecule has 1 N–H and O–H groups in total. The molecule has 0 bridgehead atoms. The topological polar surface area (TPSA) is 60.4 Å². The lowest BCUT2D eigenvalue weighted by atomic mass is 9.78. The van der Waals surface area contributed by atoms with Gasteiger partial charge in [-0.25, -0.2) is 0 Å². The summed E-state index contributed by atoms with van der Waals surface area (Å²) in [7, 11) is 3.29. The molecule has 2 aromatic rings. The van der Waals surface area contributed by atoms with Gasteiger partial charge in [-0.1, -0.05) is 18.2 Å². The van der Waals surface area contributed by atoms with Gasteiger partial charge in [0.15, 0.2) is 11.5 Å². The van der Waals surface area contributed by atoms with Gasteiger partial charge in [-0.2, -0.15) is 0 Å². The lowest BCUT2D eigenvalue weighted by Crippen LogP contribution is -2.42. The van der Waals surface area contributed by atoms with Gasteiger partial charge in [0.05, 0.1) is 20.3 Å². The van der Waals surface area contributed by atoms with Crippen LogP contribution in [0.4, 0.5) is 0 Å². The summed E-state index contributed by atoms with van der Waals surface area (Å²) in [6, 6.07) is 15.3. The van der Waals surface area contributed by atoms with Crippen LogP contribution in [0.25, 0.3) is 0 Å². The van der Waals surface area contributed by atoms with Crippen molar-refractivity contribution >= 4 is 0 Å². The Morgan fingerprint density at radius 3 is 2.40 bits per heavy atom. The predicted molar refractivity (Wildman–Crippen MR) is 115 cm³/mol. The molecule has 4 atom stereocenters. The van der Waals surface area contributed by atoms with Crippen molar-refractivity contribution in [2.24, 2.45) is 11.8 Å². The fraction of sp³-hybridized carbons (Fsp3) is 0.500. The van der Waals surface area contributed by atoms with Crippen molar-refractivity contribution < 1.29 is 24.1 Å². The quantitative estimate of drug-likeness (QED) is 0.717. The number of hydrogen-bond donors (Lipinski definition) is 1. The molecule has 0 aromatic heterocycles. The second-order valence-electron chi connectivity index (χ2n) is 8.15. The molecule has 1 saturated heterocycles. The SMILES string of the molecule is COc1cccc(OCCN2C[C@H]3C[C@@H](Oc4ccccc4OC)[C@H](O)C[C@H]3C2)c1. The van der Waals surface area contributed by atoms with E-state index in [1.54, 1.807) is 14.2 Å². The van der Waals surface area contributed by atoms with E-state index in [-0.39, 0.29) is 6.10 Å². The summed E-state index contributed by atoms with van der Waals surface area (Å²) in [5.74, 6) is 4.07. The van der Waals surface area contributed by atoms with E-state index in [9.17, 15) is 5.11 Å². The molecule has 1 aliphatic heterocycles. The first-order valence-corrected chi connectivity index (χ1v) is 10.6. The van der Waals surface area contributed by atoms with Gasteiger partial charge in [-0.3, -0.25) is 4.90 Å². The van der Waals surface area contributed by atoms with Crippen LogP contribution in [0.5, 0.6) is 23.0 Å². The number of ether oxygens (including phenoxy) is 4. The van der Waals surface area contributed by atoms with Gasteiger partial charge in [0.25, 0.3) is 0 Å². The van der Waals surface area contributed by atoms with Crippen LogP contribution >= 0.6 is 0 Å². The summed E-state index contributed by atoms with van der Waals surface area (Å²) in [4.78, 5) is 2.44. The average Bonchev–Trinajstić information content (AvgIpc) is 3.15. The van der Waals surface area contributed by atoms with E-state index in [0.29, 0.717) is 29.9 Å². The molecule has 6 heteroatoms. The van der Waals surface area contributed by atoms with Gasteiger partial charge in [0.2, 0.25) is 0 Å². The first-order chi connectivity index (χ1) is 14.7. The zero-order chi connectivity index (χ0) is 20.9. The molecular weight excluding hydrogens is 382 g/mol. The van der Waals surface area contributed by atoms with E-state index >= 15 is 0 Å². The third-order valence-corrected chi connectivity index (χ3v) is 6.23. The second kappa shape index (κ2) is 9.58. The van der Waals surface area contributed by atoms with Gasteiger partial charge in [0, 0.05) is 25.7 Å². The Morgan fingerprint density at radius 1 is 0.900 bits per heavy atom. The van der Waals surface area contributed by atoms with E-state index in [1.807, 2.05) is 48.5 Å². The molecule has 6 nitrogen and oxygen atoms in total. The minimum Gasteiger partial charge on any atom is -0.497 e. The van der Waals surface area contributed by atoms with Gasteiger partial charge >= 0.3 is 0 Å². The number of aliphatic hydroxyl groups is 1. The monoisotopic (exact) mass is 413 g/mol. The Balaban J connectivity index is 1.28. The second-order valence-corrected chi connectivity index (χ2v) is 8.15. The number of nitrogens with zero attached hydrogens (tertiary/aromatic N) is 1. The van der Waals surface area contributed by atoms with Crippen molar-refractivity contribution in [2.45, 2.75) is 25.0 Å². The van der Waals surface area contributed by atoms with Crippen molar-refractivity contribution in [1.29, 1.82) is 0 Å². The number of rotatable bonds is 8. The smallest absolute Gasteiger partial charge is 0.161 e. The maximum Gasteiger partial charge on any atom is 0.161 e. The molecule has 2 aliphatic rings. The molecule has 4 rings (SSSR count). The fourth-order valence-corrected chi connectivity index (χ4v) is 4.66. The van der Waals surface area contributed by atoms with Gasteiger partial charge in [-0.15, -0.1) is 0 Å². The first kappa shape index (κ1) is 20.8. The van der Waals surface area contributed by atoms with Gasteiger partial charge in [-0.05, 0) is 48.9 Å². The zero-order valence-corrected chi connectivity index (χ0v) is 17.7. The van der Waals surface area contributed by atoms with Crippen LogP contribution in [-0.2, 0) is 0 Å². The summed E-state index contributed by atoms with van der Waals surface area (Å²) < 4.78 is 22.7. The number of likely N-dealkylation sites (tertiary alicyclic amines) is 1. The Hall–Kier alpha value is -2.44.